The molecule has 4 rings (SSSR count). The average Bonchev–Trinajstić information content (AvgIpc) is 3.09. The van der Waals surface area contributed by atoms with E-state index in [-0.39, 0.29) is 17.7 Å². The molecule has 0 radical (unpaired) electrons. The summed E-state index contributed by atoms with van der Waals surface area (Å²) in [5, 5.41) is 2.98. The van der Waals surface area contributed by atoms with Gasteiger partial charge in [0.25, 0.3) is 0 Å². The number of nitrogens with one attached hydrogen (secondary N) is 1. The second-order valence-corrected chi connectivity index (χ2v) is 11.2. The number of fused-ring (bicyclic) bond motifs is 2. The predicted molar refractivity (Wildman–Crippen MR) is 145 cm³/mol. The maximum Gasteiger partial charge on any atom is 0.248 e. The van der Waals surface area contributed by atoms with Crippen LogP contribution < -0.4 is 16.8 Å². The number of piperidine rings is 1. The average molecular weight is 505 g/mol. The molecule has 4 atom stereocenters. The Balaban J connectivity index is 1.49. The third-order valence-corrected chi connectivity index (χ3v) is 8.02. The Morgan fingerprint density at radius 3 is 2.24 bits per heavy atom. The van der Waals surface area contributed by atoms with Crippen molar-refractivity contribution < 1.29 is 14.4 Å². The van der Waals surface area contributed by atoms with Crippen molar-refractivity contribution in [3.63, 3.8) is 0 Å². The van der Waals surface area contributed by atoms with Crippen LogP contribution in [0, 0.1) is 11.8 Å². The first-order valence-corrected chi connectivity index (χ1v) is 13.5. The van der Waals surface area contributed by atoms with E-state index in [2.05, 4.69) is 16.3 Å². The van der Waals surface area contributed by atoms with Gasteiger partial charge in [-0.3, -0.25) is 19.3 Å². The number of rotatable bonds is 11. The van der Waals surface area contributed by atoms with Crippen molar-refractivity contribution in [2.24, 2.45) is 23.3 Å². The van der Waals surface area contributed by atoms with Crippen LogP contribution in [-0.2, 0) is 16.0 Å². The monoisotopic (exact) mass is 504 g/mol. The Labute approximate surface area is 220 Å². The Morgan fingerprint density at radius 1 is 0.973 bits per heavy atom. The molecule has 0 saturated carbocycles. The van der Waals surface area contributed by atoms with Crippen LogP contribution in [0.15, 0.2) is 54.6 Å². The molecule has 0 spiro atoms. The van der Waals surface area contributed by atoms with Crippen LogP contribution in [0.25, 0.3) is 0 Å². The number of amides is 3. The van der Waals surface area contributed by atoms with Crippen LogP contribution in [0.1, 0.15) is 73.4 Å². The number of hydrogen-bond acceptors (Lipinski definition) is 4. The maximum absolute atomic E-state index is 13.5. The van der Waals surface area contributed by atoms with Crippen LogP contribution in [-0.4, -0.2) is 47.3 Å². The number of nitrogens with zero attached hydrogens (tertiary/aromatic N) is 1. The van der Waals surface area contributed by atoms with E-state index in [1.165, 1.54) is 5.56 Å². The summed E-state index contributed by atoms with van der Waals surface area (Å²) in [6.07, 6.45) is 5.34. The zero-order valence-electron chi connectivity index (χ0n) is 21.9. The van der Waals surface area contributed by atoms with E-state index in [0.29, 0.717) is 43.0 Å². The minimum atomic E-state index is -0.661. The Kier molecular flexibility index (Phi) is 8.64. The summed E-state index contributed by atoms with van der Waals surface area (Å²) in [5.74, 6) is -0.658. The molecule has 5 N–H and O–H groups in total. The Hall–Kier alpha value is -3.19. The molecule has 2 aromatic rings. The van der Waals surface area contributed by atoms with Gasteiger partial charge in [-0.05, 0) is 73.6 Å². The van der Waals surface area contributed by atoms with Gasteiger partial charge in [0, 0.05) is 24.2 Å². The summed E-state index contributed by atoms with van der Waals surface area (Å²) in [5.41, 5.74) is 14.0. The van der Waals surface area contributed by atoms with E-state index in [9.17, 15) is 14.4 Å². The fourth-order valence-corrected chi connectivity index (χ4v) is 6.19. The minimum Gasteiger partial charge on any atom is -0.368 e. The summed E-state index contributed by atoms with van der Waals surface area (Å²) in [4.78, 5) is 39.8. The third kappa shape index (κ3) is 6.77. The highest BCUT2D eigenvalue weighted by molar-refractivity contribution is 5.93. The summed E-state index contributed by atoms with van der Waals surface area (Å²) in [6, 6.07) is 17.9. The molecule has 2 bridgehead atoms. The zero-order valence-corrected chi connectivity index (χ0v) is 21.9. The highest BCUT2D eigenvalue weighted by atomic mass is 16.2. The van der Waals surface area contributed by atoms with Crippen molar-refractivity contribution in [2.45, 2.75) is 76.4 Å². The van der Waals surface area contributed by atoms with Crippen molar-refractivity contribution >= 4 is 17.7 Å². The number of benzene rings is 2. The molecule has 198 valence electrons. The molecule has 2 heterocycles. The van der Waals surface area contributed by atoms with Crippen molar-refractivity contribution in [3.8, 4) is 0 Å². The van der Waals surface area contributed by atoms with E-state index in [1.807, 2.05) is 56.3 Å². The Morgan fingerprint density at radius 2 is 1.65 bits per heavy atom. The van der Waals surface area contributed by atoms with Crippen LogP contribution >= 0.6 is 0 Å². The first kappa shape index (κ1) is 26.9. The fraction of sp³-hybridized carbons (Fsp3) is 0.500. The highest BCUT2D eigenvalue weighted by Gasteiger charge is 2.42. The summed E-state index contributed by atoms with van der Waals surface area (Å²) in [6.45, 7) is 4.69. The minimum absolute atomic E-state index is 0.107. The molecule has 37 heavy (non-hydrogen) atoms. The van der Waals surface area contributed by atoms with Crippen molar-refractivity contribution in [1.29, 1.82) is 0 Å². The SMILES string of the molecule is CC(C)C[C@H](NC(=O)[C@@H](Cc1ccccc1)CN1C2CCC1CC(c1cccc(C(N)=O)c1)C2)C(N)=O. The van der Waals surface area contributed by atoms with Gasteiger partial charge in [-0.2, -0.15) is 0 Å². The molecular weight excluding hydrogens is 464 g/mol. The van der Waals surface area contributed by atoms with E-state index in [1.54, 1.807) is 6.07 Å². The molecule has 7 heteroatoms. The van der Waals surface area contributed by atoms with Crippen LogP contribution in [0.4, 0.5) is 0 Å². The highest BCUT2D eigenvalue weighted by Crippen LogP contribution is 2.43. The van der Waals surface area contributed by atoms with Gasteiger partial charge in [0.15, 0.2) is 0 Å². The largest absolute Gasteiger partial charge is 0.368 e. The van der Waals surface area contributed by atoms with Crippen molar-refractivity contribution in [2.75, 3.05) is 6.54 Å². The van der Waals surface area contributed by atoms with Gasteiger partial charge in [0.05, 0.1) is 5.92 Å². The first-order chi connectivity index (χ1) is 17.7. The number of carbonyl (C=O) groups excluding carboxylic acids is 3. The molecule has 2 aromatic carbocycles. The summed E-state index contributed by atoms with van der Waals surface area (Å²) < 4.78 is 0. The van der Waals surface area contributed by atoms with E-state index in [4.69, 9.17) is 11.5 Å². The second kappa shape index (κ2) is 11.9. The van der Waals surface area contributed by atoms with E-state index in [0.717, 1.165) is 31.2 Å². The van der Waals surface area contributed by atoms with Crippen LogP contribution in [0.5, 0.6) is 0 Å². The summed E-state index contributed by atoms with van der Waals surface area (Å²) in [7, 11) is 0. The predicted octanol–water partition coefficient (Wildman–Crippen LogP) is 3.37. The lowest BCUT2D eigenvalue weighted by molar-refractivity contribution is -0.131. The molecule has 0 aromatic heterocycles. The number of hydrogen-bond donors (Lipinski definition) is 3. The normalized spacial score (nSPS) is 22.9. The molecule has 7 nitrogen and oxygen atoms in total. The van der Waals surface area contributed by atoms with Gasteiger partial charge in [-0.25, -0.2) is 0 Å². The zero-order chi connectivity index (χ0) is 26.5. The standard InChI is InChI=1S/C30H40N4O3/c1-19(2)13-27(29(32)36)33-30(37)24(14-20-7-4-3-5-8-20)18-34-25-11-12-26(34)17-23(16-25)21-9-6-10-22(15-21)28(31)35/h3-10,15,19,23-27H,11-14,16-18H2,1-2H3,(H2,31,35)(H2,32,36)(H,33,37)/t23?,24-,25?,26?,27-/m0/s1. The quantitative estimate of drug-likeness (QED) is 0.435. The van der Waals surface area contributed by atoms with Crippen molar-refractivity contribution in [1.82, 2.24) is 10.2 Å². The lowest BCUT2D eigenvalue weighted by Gasteiger charge is -2.41. The molecule has 2 unspecified atom stereocenters. The Bertz CT molecular complexity index is 1090. The fourth-order valence-electron chi connectivity index (χ4n) is 6.19. The molecule has 0 aliphatic carbocycles. The molecule has 2 fully saturated rings. The summed E-state index contributed by atoms with van der Waals surface area (Å²) >= 11 is 0. The van der Waals surface area contributed by atoms with Crippen LogP contribution in [0.2, 0.25) is 0 Å². The second-order valence-electron chi connectivity index (χ2n) is 11.2. The third-order valence-electron chi connectivity index (χ3n) is 8.02. The molecule has 3 amide bonds. The van der Waals surface area contributed by atoms with Crippen molar-refractivity contribution in [3.05, 3.63) is 71.3 Å². The first-order valence-electron chi connectivity index (χ1n) is 13.5. The number of nitrogens with two attached hydrogens (primary N) is 2. The lowest BCUT2D eigenvalue weighted by Crippen LogP contribution is -2.51. The lowest BCUT2D eigenvalue weighted by atomic mass is 9.83. The van der Waals surface area contributed by atoms with Crippen LogP contribution in [0.3, 0.4) is 0 Å². The van der Waals surface area contributed by atoms with E-state index < -0.39 is 17.9 Å². The van der Waals surface area contributed by atoms with Gasteiger partial charge in [-0.1, -0.05) is 56.3 Å². The van der Waals surface area contributed by atoms with Gasteiger partial charge < -0.3 is 16.8 Å². The molecule has 2 aliphatic rings. The number of carbonyl (C=O) groups is 3. The van der Waals surface area contributed by atoms with Gasteiger partial charge in [0.2, 0.25) is 17.7 Å². The number of primary amides is 2. The van der Waals surface area contributed by atoms with Gasteiger partial charge >= 0.3 is 0 Å². The molecule has 2 saturated heterocycles. The topological polar surface area (TPSA) is 119 Å². The molecular formula is C30H40N4O3. The van der Waals surface area contributed by atoms with Gasteiger partial charge in [0.1, 0.15) is 6.04 Å². The van der Waals surface area contributed by atoms with E-state index >= 15 is 0 Å². The smallest absolute Gasteiger partial charge is 0.248 e. The van der Waals surface area contributed by atoms with Gasteiger partial charge in [-0.15, -0.1) is 0 Å². The molecule has 2 aliphatic heterocycles. The maximum atomic E-state index is 13.5.